The number of esters is 1. The first-order chi connectivity index (χ1) is 12.8. The number of hydrogen-bond donors (Lipinski definition) is 2. The minimum Gasteiger partial charge on any atom is -0.465 e. The normalized spacial score (nSPS) is 14.4. The molecule has 2 N–H and O–H groups in total. The van der Waals surface area contributed by atoms with Crippen molar-refractivity contribution in [3.8, 4) is 0 Å². The molecule has 2 heterocycles. The van der Waals surface area contributed by atoms with E-state index in [0.717, 1.165) is 35.0 Å². The van der Waals surface area contributed by atoms with Crippen molar-refractivity contribution < 1.29 is 9.53 Å². The van der Waals surface area contributed by atoms with E-state index >= 15 is 0 Å². The van der Waals surface area contributed by atoms with Crippen molar-refractivity contribution in [3.05, 3.63) is 53.3 Å². The summed E-state index contributed by atoms with van der Waals surface area (Å²) in [6.45, 7) is 6.56. The molecule has 1 fully saturated rings. The fraction of sp³-hybridized carbons (Fsp3) is 0.364. The van der Waals surface area contributed by atoms with E-state index in [9.17, 15) is 4.79 Å². The smallest absolute Gasteiger partial charge is 0.341 e. The van der Waals surface area contributed by atoms with Gasteiger partial charge in [0.1, 0.15) is 11.4 Å². The van der Waals surface area contributed by atoms with Gasteiger partial charge in [-0.3, -0.25) is 0 Å². The lowest BCUT2D eigenvalue weighted by Crippen LogP contribution is -2.10. The van der Waals surface area contributed by atoms with Gasteiger partial charge in [-0.1, -0.05) is 20.8 Å². The third-order valence-electron chi connectivity index (χ3n) is 5.05. The number of benzene rings is 1. The first-order valence-corrected chi connectivity index (χ1v) is 9.33. The number of aromatic amines is 1. The maximum atomic E-state index is 12.2. The van der Waals surface area contributed by atoms with Gasteiger partial charge < -0.3 is 15.0 Å². The van der Waals surface area contributed by atoms with E-state index < -0.39 is 0 Å². The van der Waals surface area contributed by atoms with Crippen LogP contribution in [0.4, 0.5) is 11.5 Å². The summed E-state index contributed by atoms with van der Waals surface area (Å²) in [6.07, 6.45) is 4.18. The molecule has 140 valence electrons. The van der Waals surface area contributed by atoms with Crippen molar-refractivity contribution in [2.24, 2.45) is 0 Å². The van der Waals surface area contributed by atoms with E-state index in [1.807, 2.05) is 24.4 Å². The summed E-state index contributed by atoms with van der Waals surface area (Å²) in [5, 5.41) is 4.41. The van der Waals surface area contributed by atoms with E-state index in [1.54, 1.807) is 0 Å². The molecule has 1 aromatic carbocycles. The number of pyridine rings is 1. The van der Waals surface area contributed by atoms with Gasteiger partial charge in [0.15, 0.2) is 0 Å². The number of methoxy groups -OCH3 is 1. The summed E-state index contributed by atoms with van der Waals surface area (Å²) in [4.78, 5) is 20.2. The molecule has 1 aliphatic carbocycles. The molecule has 0 spiro atoms. The van der Waals surface area contributed by atoms with Crippen LogP contribution in [0.5, 0.6) is 0 Å². The van der Waals surface area contributed by atoms with E-state index in [2.05, 4.69) is 48.2 Å². The lowest BCUT2D eigenvalue weighted by atomic mass is 9.92. The van der Waals surface area contributed by atoms with Crippen LogP contribution in [0.1, 0.15) is 61.1 Å². The average molecular weight is 363 g/mol. The molecule has 4 rings (SSSR count). The van der Waals surface area contributed by atoms with Gasteiger partial charge in [0.05, 0.1) is 7.11 Å². The largest absolute Gasteiger partial charge is 0.465 e. The highest BCUT2D eigenvalue weighted by Crippen LogP contribution is 2.40. The van der Waals surface area contributed by atoms with Crippen LogP contribution in [0, 0.1) is 0 Å². The van der Waals surface area contributed by atoms with Gasteiger partial charge in [-0.15, -0.1) is 0 Å². The van der Waals surface area contributed by atoms with Gasteiger partial charge >= 0.3 is 5.97 Å². The minimum absolute atomic E-state index is 0.0604. The maximum absolute atomic E-state index is 12.2. The number of rotatable bonds is 4. The van der Waals surface area contributed by atoms with Crippen molar-refractivity contribution >= 4 is 28.4 Å². The highest BCUT2D eigenvalue weighted by atomic mass is 16.5. The topological polar surface area (TPSA) is 67.0 Å². The number of H-pyrrole nitrogens is 1. The SMILES string of the molecule is COC(=O)c1cc(C2CC2)cnc1Nc1ccc2[nH]c(C(C)(C)C)cc2c1. The van der Waals surface area contributed by atoms with Crippen molar-refractivity contribution in [1.82, 2.24) is 9.97 Å². The predicted molar refractivity (Wildman–Crippen MR) is 108 cm³/mol. The van der Waals surface area contributed by atoms with E-state index in [0.29, 0.717) is 17.3 Å². The number of nitrogens with zero attached hydrogens (tertiary/aromatic N) is 1. The van der Waals surface area contributed by atoms with Crippen molar-refractivity contribution in [2.45, 2.75) is 44.9 Å². The quantitative estimate of drug-likeness (QED) is 0.620. The van der Waals surface area contributed by atoms with Gasteiger partial charge in [0, 0.05) is 33.9 Å². The number of fused-ring (bicyclic) bond motifs is 1. The number of hydrogen-bond acceptors (Lipinski definition) is 4. The monoisotopic (exact) mass is 363 g/mol. The third-order valence-corrected chi connectivity index (χ3v) is 5.05. The maximum Gasteiger partial charge on any atom is 0.341 e. The van der Waals surface area contributed by atoms with Crippen molar-refractivity contribution in [3.63, 3.8) is 0 Å². The highest BCUT2D eigenvalue weighted by Gasteiger charge is 2.26. The zero-order chi connectivity index (χ0) is 19.2. The Morgan fingerprint density at radius 2 is 2.00 bits per heavy atom. The predicted octanol–water partition coefficient (Wildman–Crippen LogP) is 5.27. The Labute approximate surface area is 159 Å². The van der Waals surface area contributed by atoms with Crippen LogP contribution in [0.3, 0.4) is 0 Å². The summed E-state index contributed by atoms with van der Waals surface area (Å²) >= 11 is 0. The second kappa shape index (κ2) is 6.41. The zero-order valence-corrected chi connectivity index (χ0v) is 16.2. The van der Waals surface area contributed by atoms with E-state index in [-0.39, 0.29) is 11.4 Å². The highest BCUT2D eigenvalue weighted by molar-refractivity contribution is 5.96. The molecular formula is C22H25N3O2. The molecule has 0 aliphatic heterocycles. The summed E-state index contributed by atoms with van der Waals surface area (Å²) in [5.74, 6) is 0.685. The fourth-order valence-electron chi connectivity index (χ4n) is 3.24. The second-order valence-electron chi connectivity index (χ2n) is 8.29. The number of nitrogens with one attached hydrogen (secondary N) is 2. The molecule has 0 bridgehead atoms. The summed E-state index contributed by atoms with van der Waals surface area (Å²) in [6, 6.07) is 10.2. The number of ether oxygens (including phenoxy) is 1. The molecule has 0 radical (unpaired) electrons. The molecule has 0 unspecified atom stereocenters. The Hall–Kier alpha value is -2.82. The molecule has 5 heteroatoms. The Balaban J connectivity index is 1.67. The summed E-state index contributed by atoms with van der Waals surface area (Å²) in [5.41, 5.74) is 4.82. The van der Waals surface area contributed by atoms with Crippen LogP contribution in [-0.4, -0.2) is 23.0 Å². The molecule has 0 amide bonds. The van der Waals surface area contributed by atoms with Crippen LogP contribution in [0.15, 0.2) is 36.5 Å². The van der Waals surface area contributed by atoms with Gasteiger partial charge in [-0.05, 0) is 54.7 Å². The average Bonchev–Trinajstić information content (AvgIpc) is 3.39. The Morgan fingerprint density at radius 3 is 2.67 bits per heavy atom. The van der Waals surface area contributed by atoms with Crippen LogP contribution >= 0.6 is 0 Å². The van der Waals surface area contributed by atoms with Crippen molar-refractivity contribution in [1.29, 1.82) is 0 Å². The standard InChI is InChI=1S/C22H25N3O2/c1-22(2,3)19-11-14-9-16(7-8-18(14)25-19)24-20-17(21(26)27-4)10-15(12-23-20)13-5-6-13/h7-13,25H,5-6H2,1-4H3,(H,23,24). The van der Waals surface area contributed by atoms with Crippen LogP contribution in [0.2, 0.25) is 0 Å². The molecular weight excluding hydrogens is 338 g/mol. The lowest BCUT2D eigenvalue weighted by Gasteiger charge is -2.15. The van der Waals surface area contributed by atoms with Crippen molar-refractivity contribution in [2.75, 3.05) is 12.4 Å². The minimum atomic E-state index is -0.370. The molecule has 1 aliphatic rings. The first-order valence-electron chi connectivity index (χ1n) is 9.33. The number of carbonyl (C=O) groups excluding carboxylic acids is 1. The Morgan fingerprint density at radius 1 is 1.22 bits per heavy atom. The van der Waals surface area contributed by atoms with E-state index in [1.165, 1.54) is 12.8 Å². The zero-order valence-electron chi connectivity index (χ0n) is 16.2. The molecule has 2 aromatic heterocycles. The molecule has 5 nitrogen and oxygen atoms in total. The van der Waals surface area contributed by atoms with E-state index in [4.69, 9.17) is 4.74 Å². The molecule has 1 saturated carbocycles. The van der Waals surface area contributed by atoms with Gasteiger partial charge in [0.2, 0.25) is 0 Å². The van der Waals surface area contributed by atoms with Gasteiger partial charge in [-0.25, -0.2) is 9.78 Å². The van der Waals surface area contributed by atoms with Gasteiger partial charge in [0.25, 0.3) is 0 Å². The Kier molecular flexibility index (Phi) is 4.17. The summed E-state index contributed by atoms with van der Waals surface area (Å²) < 4.78 is 4.96. The van der Waals surface area contributed by atoms with Gasteiger partial charge in [-0.2, -0.15) is 0 Å². The Bertz CT molecular complexity index is 1010. The van der Waals surface area contributed by atoms with Crippen LogP contribution in [-0.2, 0) is 10.2 Å². The van der Waals surface area contributed by atoms with Crippen LogP contribution < -0.4 is 5.32 Å². The first kappa shape index (κ1) is 17.6. The molecule has 0 atom stereocenters. The molecule has 3 aromatic rings. The number of anilines is 2. The molecule has 0 saturated heterocycles. The fourth-order valence-corrected chi connectivity index (χ4v) is 3.24. The second-order valence-corrected chi connectivity index (χ2v) is 8.29. The van der Waals surface area contributed by atoms with Crippen LogP contribution in [0.25, 0.3) is 10.9 Å². The summed E-state index contributed by atoms with van der Waals surface area (Å²) in [7, 11) is 1.40. The number of carbonyl (C=O) groups is 1. The lowest BCUT2D eigenvalue weighted by molar-refractivity contribution is 0.0601. The molecule has 27 heavy (non-hydrogen) atoms. The number of aromatic nitrogens is 2. The third kappa shape index (κ3) is 3.54.